The summed E-state index contributed by atoms with van der Waals surface area (Å²) in [5.74, 6) is -1.81. The number of piperidine rings is 1. The second-order valence-corrected chi connectivity index (χ2v) is 4.70. The molecule has 0 radical (unpaired) electrons. The van der Waals surface area contributed by atoms with Crippen molar-refractivity contribution in [2.24, 2.45) is 5.92 Å². The smallest absolute Gasteiger partial charge is 0.391 e. The van der Waals surface area contributed by atoms with Crippen molar-refractivity contribution in [3.8, 4) is 0 Å². The van der Waals surface area contributed by atoms with Crippen LogP contribution in [0.3, 0.4) is 0 Å². The van der Waals surface area contributed by atoms with Gasteiger partial charge in [-0.15, -0.1) is 0 Å². The van der Waals surface area contributed by atoms with Crippen LogP contribution in [0.2, 0.25) is 0 Å². The second kappa shape index (κ2) is 5.36. The van der Waals surface area contributed by atoms with Crippen molar-refractivity contribution in [2.45, 2.75) is 25.6 Å². The van der Waals surface area contributed by atoms with Crippen LogP contribution in [-0.4, -0.2) is 24.4 Å². The zero-order chi connectivity index (χ0) is 14.0. The highest BCUT2D eigenvalue weighted by Crippen LogP contribution is 2.36. The molecule has 1 saturated heterocycles. The van der Waals surface area contributed by atoms with Crippen LogP contribution >= 0.6 is 0 Å². The Balaban J connectivity index is 2.12. The summed E-state index contributed by atoms with van der Waals surface area (Å²) in [4.78, 5) is 1.71. The molecule has 19 heavy (non-hydrogen) atoms. The van der Waals surface area contributed by atoms with E-state index in [1.165, 1.54) is 12.1 Å². The van der Waals surface area contributed by atoms with E-state index < -0.39 is 24.5 Å². The molecular weight excluding hydrogens is 262 g/mol. The van der Waals surface area contributed by atoms with Crippen LogP contribution < -0.4 is 4.90 Å². The Bertz CT molecular complexity index is 439. The Hall–Kier alpha value is -1.30. The van der Waals surface area contributed by atoms with E-state index in [1.807, 2.05) is 0 Å². The highest BCUT2D eigenvalue weighted by Gasteiger charge is 2.41. The van der Waals surface area contributed by atoms with E-state index in [-0.39, 0.29) is 31.5 Å². The first-order valence-corrected chi connectivity index (χ1v) is 6.13. The minimum Gasteiger partial charge on any atom is -0.391 e. The van der Waals surface area contributed by atoms with E-state index in [9.17, 15) is 17.6 Å². The fraction of sp³-hybridized carbons (Fsp3) is 0.538. The van der Waals surface area contributed by atoms with Crippen molar-refractivity contribution < 1.29 is 22.7 Å². The third-order valence-corrected chi connectivity index (χ3v) is 3.55. The molecule has 2 rings (SSSR count). The first kappa shape index (κ1) is 14.1. The largest absolute Gasteiger partial charge is 0.391 e. The predicted molar refractivity (Wildman–Crippen MR) is 63.3 cm³/mol. The molecule has 1 fully saturated rings. The Morgan fingerprint density at radius 1 is 1.21 bits per heavy atom. The van der Waals surface area contributed by atoms with Gasteiger partial charge in [0.15, 0.2) is 0 Å². The molecule has 1 aromatic carbocycles. The number of hydrogen-bond donors (Lipinski definition) is 1. The number of hydrogen-bond acceptors (Lipinski definition) is 2. The van der Waals surface area contributed by atoms with Gasteiger partial charge in [0.05, 0.1) is 12.5 Å². The summed E-state index contributed by atoms with van der Waals surface area (Å²) in [7, 11) is 0. The quantitative estimate of drug-likeness (QED) is 0.840. The van der Waals surface area contributed by atoms with Crippen molar-refractivity contribution in [3.63, 3.8) is 0 Å². The molecule has 0 aliphatic carbocycles. The van der Waals surface area contributed by atoms with E-state index >= 15 is 0 Å². The molecule has 0 amide bonds. The van der Waals surface area contributed by atoms with Crippen LogP contribution in [0, 0.1) is 11.7 Å². The van der Waals surface area contributed by atoms with Crippen molar-refractivity contribution in [1.82, 2.24) is 0 Å². The summed E-state index contributed by atoms with van der Waals surface area (Å²) in [5.41, 5.74) is 0.635. The number of rotatable bonds is 2. The van der Waals surface area contributed by atoms with Gasteiger partial charge in [0.1, 0.15) is 5.82 Å². The molecule has 1 aliphatic heterocycles. The summed E-state index contributed by atoms with van der Waals surface area (Å²) >= 11 is 0. The Kier molecular flexibility index (Phi) is 3.99. The maximum atomic E-state index is 13.5. The van der Waals surface area contributed by atoms with E-state index in [0.717, 1.165) is 0 Å². The van der Waals surface area contributed by atoms with Crippen LogP contribution in [0.25, 0.3) is 0 Å². The Labute approximate surface area is 108 Å². The molecular formula is C13H15F4NO. The van der Waals surface area contributed by atoms with Crippen LogP contribution in [0.15, 0.2) is 18.2 Å². The summed E-state index contributed by atoms with van der Waals surface area (Å²) in [6.07, 6.45) is -4.15. The van der Waals surface area contributed by atoms with Gasteiger partial charge < -0.3 is 10.0 Å². The van der Waals surface area contributed by atoms with Crippen LogP contribution in [0.4, 0.5) is 23.2 Å². The monoisotopic (exact) mass is 277 g/mol. The van der Waals surface area contributed by atoms with Crippen molar-refractivity contribution in [3.05, 3.63) is 29.6 Å². The molecule has 2 nitrogen and oxygen atoms in total. The third kappa shape index (κ3) is 3.00. The highest BCUT2D eigenvalue weighted by atomic mass is 19.4. The van der Waals surface area contributed by atoms with Gasteiger partial charge in [-0.2, -0.15) is 13.2 Å². The topological polar surface area (TPSA) is 23.5 Å². The summed E-state index contributed by atoms with van der Waals surface area (Å²) in [6, 6.07) is 4.36. The van der Waals surface area contributed by atoms with Gasteiger partial charge in [-0.1, -0.05) is 6.07 Å². The molecule has 0 aromatic heterocycles. The van der Waals surface area contributed by atoms with Crippen molar-refractivity contribution >= 4 is 5.69 Å². The first-order chi connectivity index (χ1) is 8.93. The number of benzene rings is 1. The number of halogens is 4. The zero-order valence-corrected chi connectivity index (χ0v) is 10.3. The third-order valence-electron chi connectivity index (χ3n) is 3.55. The molecule has 0 unspecified atom stereocenters. The number of nitrogens with zero attached hydrogens (tertiary/aromatic N) is 1. The number of anilines is 1. The van der Waals surface area contributed by atoms with E-state index in [0.29, 0.717) is 5.69 Å². The summed E-state index contributed by atoms with van der Waals surface area (Å²) < 4.78 is 51.2. The lowest BCUT2D eigenvalue weighted by atomic mass is 9.95. The number of aliphatic hydroxyl groups is 1. The van der Waals surface area contributed by atoms with Gasteiger partial charge >= 0.3 is 6.18 Å². The van der Waals surface area contributed by atoms with Gasteiger partial charge in [-0.05, 0) is 25.0 Å². The lowest BCUT2D eigenvalue weighted by Gasteiger charge is -2.35. The second-order valence-electron chi connectivity index (χ2n) is 4.70. The molecule has 6 heteroatoms. The van der Waals surface area contributed by atoms with E-state index in [2.05, 4.69) is 0 Å². The maximum absolute atomic E-state index is 13.5. The Morgan fingerprint density at radius 2 is 1.84 bits per heavy atom. The SMILES string of the molecule is OCc1c(F)cccc1N1CCC(C(F)(F)F)CC1. The fourth-order valence-electron chi connectivity index (χ4n) is 2.45. The average molecular weight is 277 g/mol. The standard InChI is InChI=1S/C13H15F4NO/c14-11-2-1-3-12(10(11)8-19)18-6-4-9(5-7-18)13(15,16)17/h1-3,9,19H,4-8H2. The van der Waals surface area contributed by atoms with Crippen LogP contribution in [0.5, 0.6) is 0 Å². The van der Waals surface area contributed by atoms with Crippen molar-refractivity contribution in [2.75, 3.05) is 18.0 Å². The molecule has 0 spiro atoms. The lowest BCUT2D eigenvalue weighted by Crippen LogP contribution is -2.39. The predicted octanol–water partition coefficient (Wildman–Crippen LogP) is 3.10. The molecule has 1 aliphatic rings. The molecule has 0 bridgehead atoms. The molecule has 0 saturated carbocycles. The normalized spacial score (nSPS) is 17.8. The first-order valence-electron chi connectivity index (χ1n) is 6.13. The molecule has 1 heterocycles. The van der Waals surface area contributed by atoms with E-state index in [4.69, 9.17) is 5.11 Å². The summed E-state index contributed by atoms with van der Waals surface area (Å²) in [5, 5.41) is 9.16. The maximum Gasteiger partial charge on any atom is 0.391 e. The Morgan fingerprint density at radius 3 is 2.37 bits per heavy atom. The average Bonchev–Trinajstić information content (AvgIpc) is 2.37. The lowest BCUT2D eigenvalue weighted by molar-refractivity contribution is -0.179. The number of aliphatic hydroxyl groups excluding tert-OH is 1. The van der Waals surface area contributed by atoms with Crippen LogP contribution in [-0.2, 0) is 6.61 Å². The van der Waals surface area contributed by atoms with E-state index in [1.54, 1.807) is 11.0 Å². The molecule has 1 aromatic rings. The zero-order valence-electron chi connectivity index (χ0n) is 10.3. The van der Waals surface area contributed by atoms with Crippen molar-refractivity contribution in [1.29, 1.82) is 0 Å². The van der Waals surface area contributed by atoms with Gasteiger partial charge in [0.2, 0.25) is 0 Å². The number of alkyl halides is 3. The fourth-order valence-corrected chi connectivity index (χ4v) is 2.45. The highest BCUT2D eigenvalue weighted by molar-refractivity contribution is 5.54. The van der Waals surface area contributed by atoms with Gasteiger partial charge in [0, 0.05) is 24.3 Å². The minimum absolute atomic E-state index is 0.00484. The molecule has 1 N–H and O–H groups in total. The van der Waals surface area contributed by atoms with Crippen LogP contribution in [0.1, 0.15) is 18.4 Å². The van der Waals surface area contributed by atoms with Gasteiger partial charge in [-0.3, -0.25) is 0 Å². The molecule has 0 atom stereocenters. The molecule has 106 valence electrons. The van der Waals surface area contributed by atoms with Gasteiger partial charge in [0.25, 0.3) is 0 Å². The minimum atomic E-state index is -4.16. The summed E-state index contributed by atoms with van der Waals surface area (Å²) in [6.45, 7) is -0.0114. The van der Waals surface area contributed by atoms with Gasteiger partial charge in [-0.25, -0.2) is 4.39 Å².